The number of nitrogens with zero attached hydrogens (tertiary/aromatic N) is 2. The Labute approximate surface area is 152 Å². The third-order valence-corrected chi connectivity index (χ3v) is 4.42. The van der Waals surface area contributed by atoms with Gasteiger partial charge in [0, 0.05) is 12.7 Å². The first-order valence-corrected chi connectivity index (χ1v) is 8.37. The van der Waals surface area contributed by atoms with E-state index in [9.17, 15) is 9.59 Å². The number of amides is 2. The van der Waals surface area contributed by atoms with E-state index in [0.717, 1.165) is 16.8 Å². The number of anilines is 2. The first kappa shape index (κ1) is 17.5. The number of para-hydroxylation sites is 1. The highest BCUT2D eigenvalue weighted by molar-refractivity contribution is 6.00. The standard InChI is InChI=1S/C20H22N4O2/c1-13-10-11-17(14(2)12-13)21-20(26)22-18-15(3)23(4)24(19(18)25)16-8-6-5-7-9-16/h5-12H,1-4H3,(H2,21,22,26). The van der Waals surface area contributed by atoms with Crippen LogP contribution in [0.4, 0.5) is 16.2 Å². The Morgan fingerprint density at radius 1 is 0.962 bits per heavy atom. The lowest BCUT2D eigenvalue weighted by Crippen LogP contribution is -2.25. The van der Waals surface area contributed by atoms with Crippen LogP contribution < -0.4 is 16.2 Å². The molecule has 2 amide bonds. The van der Waals surface area contributed by atoms with Crippen molar-refractivity contribution in [3.8, 4) is 5.69 Å². The molecule has 3 rings (SSSR count). The molecule has 0 bridgehead atoms. The van der Waals surface area contributed by atoms with Gasteiger partial charge in [0.15, 0.2) is 0 Å². The number of hydrogen-bond donors (Lipinski definition) is 2. The summed E-state index contributed by atoms with van der Waals surface area (Å²) in [6.45, 7) is 5.72. The van der Waals surface area contributed by atoms with Gasteiger partial charge in [0.05, 0.1) is 11.4 Å². The molecule has 6 heteroatoms. The van der Waals surface area contributed by atoms with Gasteiger partial charge < -0.3 is 10.6 Å². The molecule has 0 saturated heterocycles. The van der Waals surface area contributed by atoms with Crippen LogP contribution in [-0.2, 0) is 7.05 Å². The van der Waals surface area contributed by atoms with Crippen LogP contribution in [0.2, 0.25) is 0 Å². The van der Waals surface area contributed by atoms with Crippen molar-refractivity contribution >= 4 is 17.4 Å². The maximum atomic E-state index is 12.8. The zero-order valence-electron chi connectivity index (χ0n) is 15.3. The monoisotopic (exact) mass is 350 g/mol. The molecular weight excluding hydrogens is 328 g/mol. The fourth-order valence-corrected chi connectivity index (χ4v) is 2.93. The van der Waals surface area contributed by atoms with Crippen LogP contribution in [0.3, 0.4) is 0 Å². The summed E-state index contributed by atoms with van der Waals surface area (Å²) in [5.41, 5.74) is 4.21. The molecule has 2 aromatic carbocycles. The van der Waals surface area contributed by atoms with E-state index in [0.29, 0.717) is 11.4 Å². The predicted molar refractivity (Wildman–Crippen MR) is 104 cm³/mol. The lowest BCUT2D eigenvalue weighted by Gasteiger charge is -2.10. The smallest absolute Gasteiger partial charge is 0.307 e. The molecule has 0 saturated carbocycles. The van der Waals surface area contributed by atoms with Gasteiger partial charge in [-0.05, 0) is 44.5 Å². The number of carbonyl (C=O) groups is 1. The zero-order chi connectivity index (χ0) is 18.8. The number of hydrogen-bond acceptors (Lipinski definition) is 2. The summed E-state index contributed by atoms with van der Waals surface area (Å²) in [4.78, 5) is 25.2. The average molecular weight is 350 g/mol. The van der Waals surface area contributed by atoms with Crippen molar-refractivity contribution in [2.45, 2.75) is 20.8 Å². The molecule has 1 heterocycles. The molecular formula is C20H22N4O2. The fraction of sp³-hybridized carbons (Fsp3) is 0.200. The summed E-state index contributed by atoms with van der Waals surface area (Å²) >= 11 is 0. The van der Waals surface area contributed by atoms with Crippen LogP contribution >= 0.6 is 0 Å². The second-order valence-corrected chi connectivity index (χ2v) is 6.33. The van der Waals surface area contributed by atoms with Crippen molar-refractivity contribution < 1.29 is 4.79 Å². The lowest BCUT2D eigenvalue weighted by atomic mass is 10.1. The van der Waals surface area contributed by atoms with Crippen molar-refractivity contribution in [1.29, 1.82) is 0 Å². The molecule has 0 fully saturated rings. The summed E-state index contributed by atoms with van der Waals surface area (Å²) in [6.07, 6.45) is 0. The van der Waals surface area contributed by atoms with Gasteiger partial charge in [0.1, 0.15) is 5.69 Å². The molecule has 0 unspecified atom stereocenters. The molecule has 134 valence electrons. The number of aryl methyl sites for hydroxylation is 2. The van der Waals surface area contributed by atoms with Crippen molar-refractivity contribution in [2.24, 2.45) is 7.05 Å². The second-order valence-electron chi connectivity index (χ2n) is 6.33. The van der Waals surface area contributed by atoms with E-state index in [4.69, 9.17) is 0 Å². The van der Waals surface area contributed by atoms with E-state index in [2.05, 4.69) is 10.6 Å². The molecule has 0 aliphatic heterocycles. The minimum atomic E-state index is -0.442. The molecule has 2 N–H and O–H groups in total. The quantitative estimate of drug-likeness (QED) is 0.755. The topological polar surface area (TPSA) is 68.1 Å². The van der Waals surface area contributed by atoms with Crippen molar-refractivity contribution in [3.05, 3.63) is 75.7 Å². The normalized spacial score (nSPS) is 10.6. The summed E-state index contributed by atoms with van der Waals surface area (Å²) in [5.74, 6) is 0. The number of rotatable bonds is 3. The van der Waals surface area contributed by atoms with Gasteiger partial charge in [0.25, 0.3) is 5.56 Å². The number of aromatic nitrogens is 2. The van der Waals surface area contributed by atoms with Gasteiger partial charge in [-0.15, -0.1) is 0 Å². The van der Waals surface area contributed by atoms with Crippen molar-refractivity contribution in [3.63, 3.8) is 0 Å². The van der Waals surface area contributed by atoms with Crippen LogP contribution in [0.5, 0.6) is 0 Å². The molecule has 3 aromatic rings. The lowest BCUT2D eigenvalue weighted by molar-refractivity contribution is 0.262. The van der Waals surface area contributed by atoms with Crippen molar-refractivity contribution in [1.82, 2.24) is 9.36 Å². The van der Waals surface area contributed by atoms with Crippen LogP contribution in [0.15, 0.2) is 53.3 Å². The summed E-state index contributed by atoms with van der Waals surface area (Å²) < 4.78 is 3.26. The third kappa shape index (κ3) is 3.26. The van der Waals surface area contributed by atoms with Gasteiger partial charge >= 0.3 is 6.03 Å². The Morgan fingerprint density at radius 3 is 2.31 bits per heavy atom. The van der Waals surface area contributed by atoms with E-state index < -0.39 is 6.03 Å². The van der Waals surface area contributed by atoms with Gasteiger partial charge in [-0.2, -0.15) is 0 Å². The van der Waals surface area contributed by atoms with E-state index in [-0.39, 0.29) is 11.2 Å². The van der Waals surface area contributed by atoms with E-state index in [1.54, 1.807) is 18.7 Å². The summed E-state index contributed by atoms with van der Waals surface area (Å²) in [6, 6.07) is 14.6. The highest BCUT2D eigenvalue weighted by atomic mass is 16.2. The number of urea groups is 1. The van der Waals surface area contributed by atoms with Crippen molar-refractivity contribution in [2.75, 3.05) is 10.6 Å². The molecule has 0 spiro atoms. The summed E-state index contributed by atoms with van der Waals surface area (Å²) in [5, 5.41) is 5.50. The predicted octanol–water partition coefficient (Wildman–Crippen LogP) is 3.75. The molecule has 0 radical (unpaired) electrons. The Hall–Kier alpha value is -3.28. The Morgan fingerprint density at radius 2 is 1.65 bits per heavy atom. The van der Waals surface area contributed by atoms with E-state index in [1.807, 2.05) is 62.4 Å². The minimum absolute atomic E-state index is 0.263. The number of benzene rings is 2. The highest BCUT2D eigenvalue weighted by Gasteiger charge is 2.18. The third-order valence-electron chi connectivity index (χ3n) is 4.42. The molecule has 0 atom stereocenters. The van der Waals surface area contributed by atoms with Gasteiger partial charge in [-0.25, -0.2) is 9.48 Å². The zero-order valence-corrected chi connectivity index (χ0v) is 15.3. The minimum Gasteiger partial charge on any atom is -0.307 e. The van der Waals surface area contributed by atoms with Crippen LogP contribution in [0.1, 0.15) is 16.8 Å². The van der Waals surface area contributed by atoms with E-state index in [1.165, 1.54) is 4.68 Å². The molecule has 0 aliphatic carbocycles. The fourth-order valence-electron chi connectivity index (χ4n) is 2.93. The highest BCUT2D eigenvalue weighted by Crippen LogP contribution is 2.18. The first-order chi connectivity index (χ1) is 12.4. The van der Waals surface area contributed by atoms with Gasteiger partial charge in [-0.3, -0.25) is 9.48 Å². The van der Waals surface area contributed by atoms with Gasteiger partial charge in [-0.1, -0.05) is 35.9 Å². The maximum absolute atomic E-state index is 12.8. The van der Waals surface area contributed by atoms with Crippen LogP contribution in [0.25, 0.3) is 5.69 Å². The Bertz CT molecular complexity index is 1020. The Balaban J connectivity index is 1.88. The molecule has 26 heavy (non-hydrogen) atoms. The average Bonchev–Trinajstić information content (AvgIpc) is 2.82. The first-order valence-electron chi connectivity index (χ1n) is 8.37. The maximum Gasteiger partial charge on any atom is 0.323 e. The molecule has 1 aromatic heterocycles. The van der Waals surface area contributed by atoms with E-state index >= 15 is 0 Å². The second kappa shape index (κ2) is 6.92. The molecule has 6 nitrogen and oxygen atoms in total. The number of carbonyl (C=O) groups excluding carboxylic acids is 1. The summed E-state index contributed by atoms with van der Waals surface area (Å²) in [7, 11) is 1.79. The van der Waals surface area contributed by atoms with Crippen LogP contribution in [0, 0.1) is 20.8 Å². The number of nitrogens with one attached hydrogen (secondary N) is 2. The van der Waals surface area contributed by atoms with Crippen LogP contribution in [-0.4, -0.2) is 15.4 Å². The van der Waals surface area contributed by atoms with Gasteiger partial charge in [0.2, 0.25) is 0 Å². The largest absolute Gasteiger partial charge is 0.323 e. The molecule has 0 aliphatic rings. The Kier molecular flexibility index (Phi) is 4.67. The SMILES string of the molecule is Cc1ccc(NC(=O)Nc2c(C)n(C)n(-c3ccccc3)c2=O)c(C)c1.